The standard InChI is InChI=1S/C17H23N3O2/c1-13(2)10-11-18-16(21)12-20-17(22)9-8-15(19-20)14-6-4-3-5-7-14/h3-7,13H,8-12H2,1-2H3,(H,18,21). The Morgan fingerprint density at radius 2 is 2.00 bits per heavy atom. The van der Waals surface area contributed by atoms with Crippen LogP contribution in [-0.4, -0.2) is 35.6 Å². The van der Waals surface area contributed by atoms with Gasteiger partial charge in [-0.3, -0.25) is 9.59 Å². The van der Waals surface area contributed by atoms with Gasteiger partial charge in [-0.2, -0.15) is 5.10 Å². The minimum Gasteiger partial charge on any atom is -0.354 e. The van der Waals surface area contributed by atoms with Gasteiger partial charge in [-0.05, 0) is 17.9 Å². The third kappa shape index (κ3) is 4.69. The number of hydrogen-bond donors (Lipinski definition) is 1. The van der Waals surface area contributed by atoms with Crippen LogP contribution in [0.4, 0.5) is 0 Å². The number of nitrogens with zero attached hydrogens (tertiary/aromatic N) is 2. The monoisotopic (exact) mass is 301 g/mol. The molecule has 5 heteroatoms. The number of amides is 2. The lowest BCUT2D eigenvalue weighted by Gasteiger charge is -2.23. The first-order chi connectivity index (χ1) is 10.6. The summed E-state index contributed by atoms with van der Waals surface area (Å²) in [5.41, 5.74) is 1.86. The van der Waals surface area contributed by atoms with E-state index in [2.05, 4.69) is 24.3 Å². The molecule has 1 heterocycles. The first kappa shape index (κ1) is 16.2. The zero-order chi connectivity index (χ0) is 15.9. The van der Waals surface area contributed by atoms with Crippen LogP contribution in [0, 0.1) is 5.92 Å². The van der Waals surface area contributed by atoms with Crippen molar-refractivity contribution in [3.8, 4) is 0 Å². The predicted octanol–water partition coefficient (Wildman–Crippen LogP) is 2.18. The average Bonchev–Trinajstić information content (AvgIpc) is 2.50. The molecule has 0 spiro atoms. The van der Waals surface area contributed by atoms with Crippen LogP contribution in [-0.2, 0) is 9.59 Å². The number of hydrazone groups is 1. The van der Waals surface area contributed by atoms with Gasteiger partial charge in [-0.1, -0.05) is 44.2 Å². The van der Waals surface area contributed by atoms with Crippen molar-refractivity contribution in [3.05, 3.63) is 35.9 Å². The Balaban J connectivity index is 1.96. The molecule has 0 aliphatic carbocycles. The molecule has 0 fully saturated rings. The maximum absolute atomic E-state index is 11.9. The fourth-order valence-electron chi connectivity index (χ4n) is 2.25. The molecule has 118 valence electrons. The molecule has 0 saturated carbocycles. The Morgan fingerprint density at radius 1 is 1.27 bits per heavy atom. The number of hydrogen-bond acceptors (Lipinski definition) is 3. The van der Waals surface area contributed by atoms with Crippen LogP contribution in [0.25, 0.3) is 0 Å². The molecule has 1 aromatic rings. The van der Waals surface area contributed by atoms with Crippen molar-refractivity contribution in [2.45, 2.75) is 33.1 Å². The topological polar surface area (TPSA) is 61.8 Å². The smallest absolute Gasteiger partial charge is 0.243 e. The molecule has 0 radical (unpaired) electrons. The van der Waals surface area contributed by atoms with Crippen LogP contribution in [0.2, 0.25) is 0 Å². The van der Waals surface area contributed by atoms with Crippen LogP contribution in [0.15, 0.2) is 35.4 Å². The molecule has 1 aliphatic rings. The highest BCUT2D eigenvalue weighted by atomic mass is 16.2. The van der Waals surface area contributed by atoms with Gasteiger partial charge in [0.15, 0.2) is 0 Å². The van der Waals surface area contributed by atoms with Gasteiger partial charge in [-0.15, -0.1) is 0 Å². The Morgan fingerprint density at radius 3 is 2.68 bits per heavy atom. The molecule has 1 N–H and O–H groups in total. The van der Waals surface area contributed by atoms with Crippen LogP contribution in [0.3, 0.4) is 0 Å². The van der Waals surface area contributed by atoms with Gasteiger partial charge >= 0.3 is 0 Å². The molecule has 0 bridgehead atoms. The maximum Gasteiger partial charge on any atom is 0.243 e. The highest BCUT2D eigenvalue weighted by molar-refractivity contribution is 6.04. The van der Waals surface area contributed by atoms with Gasteiger partial charge in [0, 0.05) is 19.4 Å². The SMILES string of the molecule is CC(C)CCNC(=O)CN1N=C(c2ccccc2)CCC1=O. The summed E-state index contributed by atoms with van der Waals surface area (Å²) in [6.45, 7) is 4.84. The van der Waals surface area contributed by atoms with Gasteiger partial charge < -0.3 is 5.32 Å². The quantitative estimate of drug-likeness (QED) is 0.875. The Bertz CT molecular complexity index is 552. The van der Waals surface area contributed by atoms with Gasteiger partial charge in [0.25, 0.3) is 0 Å². The van der Waals surface area contributed by atoms with Gasteiger partial charge in [0.1, 0.15) is 6.54 Å². The van der Waals surface area contributed by atoms with Crippen molar-refractivity contribution in [3.63, 3.8) is 0 Å². The average molecular weight is 301 g/mol. The van der Waals surface area contributed by atoms with Crippen molar-refractivity contribution in [1.29, 1.82) is 0 Å². The molecule has 2 rings (SSSR count). The first-order valence-electron chi connectivity index (χ1n) is 7.76. The largest absolute Gasteiger partial charge is 0.354 e. The number of nitrogens with one attached hydrogen (secondary N) is 1. The molecular weight excluding hydrogens is 278 g/mol. The summed E-state index contributed by atoms with van der Waals surface area (Å²) in [4.78, 5) is 23.8. The van der Waals surface area contributed by atoms with Crippen LogP contribution in [0.5, 0.6) is 0 Å². The molecule has 0 saturated heterocycles. The number of rotatable bonds is 6. The second kappa shape index (κ2) is 7.73. The van der Waals surface area contributed by atoms with E-state index in [9.17, 15) is 9.59 Å². The van der Waals surface area contributed by atoms with Crippen LogP contribution in [0.1, 0.15) is 38.7 Å². The fraction of sp³-hybridized carbons (Fsp3) is 0.471. The molecule has 2 amide bonds. The van der Waals surface area contributed by atoms with Crippen molar-refractivity contribution < 1.29 is 9.59 Å². The lowest BCUT2D eigenvalue weighted by atomic mass is 10.0. The number of carbonyl (C=O) groups excluding carboxylic acids is 2. The summed E-state index contributed by atoms with van der Waals surface area (Å²) < 4.78 is 0. The van der Waals surface area contributed by atoms with Gasteiger partial charge in [-0.25, -0.2) is 5.01 Å². The number of carbonyl (C=O) groups is 2. The lowest BCUT2D eigenvalue weighted by molar-refractivity contribution is -0.136. The van der Waals surface area contributed by atoms with E-state index >= 15 is 0 Å². The van der Waals surface area contributed by atoms with E-state index in [1.165, 1.54) is 5.01 Å². The summed E-state index contributed by atoms with van der Waals surface area (Å²) in [7, 11) is 0. The molecule has 1 aliphatic heterocycles. The number of benzene rings is 1. The lowest BCUT2D eigenvalue weighted by Crippen LogP contribution is -2.40. The van der Waals surface area contributed by atoms with Crippen molar-refractivity contribution in [2.24, 2.45) is 11.0 Å². The Hall–Kier alpha value is -2.17. The van der Waals surface area contributed by atoms with E-state index in [-0.39, 0.29) is 18.4 Å². The Labute approximate surface area is 131 Å². The second-order valence-electron chi connectivity index (χ2n) is 5.90. The van der Waals surface area contributed by atoms with Crippen LogP contribution < -0.4 is 5.32 Å². The summed E-state index contributed by atoms with van der Waals surface area (Å²) >= 11 is 0. The third-order valence-corrected chi connectivity index (χ3v) is 3.55. The van der Waals surface area contributed by atoms with E-state index in [1.807, 2.05) is 30.3 Å². The first-order valence-corrected chi connectivity index (χ1v) is 7.76. The summed E-state index contributed by atoms with van der Waals surface area (Å²) in [5.74, 6) is 0.283. The molecule has 0 aromatic heterocycles. The van der Waals surface area contributed by atoms with E-state index in [0.717, 1.165) is 17.7 Å². The van der Waals surface area contributed by atoms with Crippen molar-refractivity contribution >= 4 is 17.5 Å². The normalized spacial score (nSPS) is 15.0. The van der Waals surface area contributed by atoms with E-state index in [4.69, 9.17) is 0 Å². The van der Waals surface area contributed by atoms with Crippen molar-refractivity contribution in [2.75, 3.05) is 13.1 Å². The summed E-state index contributed by atoms with van der Waals surface area (Å²) in [5, 5.41) is 8.48. The van der Waals surface area contributed by atoms with Gasteiger partial charge in [0.2, 0.25) is 11.8 Å². The highest BCUT2D eigenvalue weighted by Gasteiger charge is 2.23. The van der Waals surface area contributed by atoms with Gasteiger partial charge in [0.05, 0.1) is 5.71 Å². The third-order valence-electron chi connectivity index (χ3n) is 3.55. The van der Waals surface area contributed by atoms with Crippen molar-refractivity contribution in [1.82, 2.24) is 10.3 Å². The predicted molar refractivity (Wildman–Crippen MR) is 86.4 cm³/mol. The molecule has 5 nitrogen and oxygen atoms in total. The molecule has 1 aromatic carbocycles. The van der Waals surface area contributed by atoms with E-state index < -0.39 is 0 Å². The molecule has 22 heavy (non-hydrogen) atoms. The minimum absolute atomic E-state index is 0.00668. The molecule has 0 atom stereocenters. The Kier molecular flexibility index (Phi) is 5.69. The minimum atomic E-state index is -0.160. The fourth-order valence-corrected chi connectivity index (χ4v) is 2.25. The summed E-state index contributed by atoms with van der Waals surface area (Å²) in [6.07, 6.45) is 1.94. The maximum atomic E-state index is 11.9. The second-order valence-corrected chi connectivity index (χ2v) is 5.90. The van der Waals surface area contributed by atoms with E-state index in [1.54, 1.807) is 0 Å². The molecular formula is C17H23N3O2. The van der Waals surface area contributed by atoms with Crippen LogP contribution >= 0.6 is 0 Å². The molecule has 0 unspecified atom stereocenters. The zero-order valence-corrected chi connectivity index (χ0v) is 13.2. The highest BCUT2D eigenvalue weighted by Crippen LogP contribution is 2.14. The zero-order valence-electron chi connectivity index (χ0n) is 13.2. The van der Waals surface area contributed by atoms with E-state index in [0.29, 0.717) is 25.3 Å². The summed E-state index contributed by atoms with van der Waals surface area (Å²) in [6, 6.07) is 9.76.